The first-order valence-electron chi connectivity index (χ1n) is 25.8. The number of aromatic amines is 4. The maximum Gasteiger partial charge on any atom is 0.218 e. The molecule has 13 aromatic rings. The van der Waals surface area contributed by atoms with Gasteiger partial charge in [-0.2, -0.15) is 0 Å². The van der Waals surface area contributed by atoms with E-state index in [1.54, 1.807) is 36.4 Å². The van der Waals surface area contributed by atoms with Crippen molar-refractivity contribution in [1.82, 2.24) is 0 Å². The maximum atomic E-state index is 12.4. The molecule has 6 N–H and O–H groups in total. The van der Waals surface area contributed by atoms with Crippen LogP contribution in [-0.2, 0) is 4.79 Å². The third-order valence-corrected chi connectivity index (χ3v) is 12.7. The number of hydrogen-bond donors (Lipinski definition) is 0. The van der Waals surface area contributed by atoms with Gasteiger partial charge in [0.05, 0.1) is 16.2 Å². The number of rotatable bonds is 4. The van der Waals surface area contributed by atoms with Crippen molar-refractivity contribution in [2.45, 2.75) is 13.8 Å². The van der Waals surface area contributed by atoms with Gasteiger partial charge in [0.15, 0.2) is 12.4 Å². The number of H-pyrrole nitrogens is 4. The fraction of sp³-hybridized carbons (Fsp3) is 0.0299. The van der Waals surface area contributed by atoms with Crippen LogP contribution in [0.1, 0.15) is 12.5 Å². The van der Waals surface area contributed by atoms with Gasteiger partial charge in [0.25, 0.3) is 0 Å². The molecule has 0 aliphatic carbocycles. The molecule has 0 fully saturated rings. The molecule has 0 spiro atoms. The van der Waals surface area contributed by atoms with Crippen LogP contribution >= 0.6 is 0 Å². The molecule has 89 heavy (non-hydrogen) atoms. The Kier molecular flexibility index (Phi) is 47.7. The number of carbonyl (C=O) groups is 1. The van der Waals surface area contributed by atoms with E-state index in [4.69, 9.17) is 9.90 Å². The van der Waals surface area contributed by atoms with Crippen molar-refractivity contribution in [3.63, 3.8) is 0 Å². The van der Waals surface area contributed by atoms with Crippen LogP contribution in [0.2, 0.25) is 0 Å². The number of aliphatic carboxylic acids is 1. The Labute approximate surface area is 711 Å². The zero-order valence-electron chi connectivity index (χ0n) is 52.4. The minimum atomic E-state index is -1.08. The molecule has 0 amide bonds. The summed E-state index contributed by atoms with van der Waals surface area (Å²) in [5.41, 5.74) is 9.22. The zero-order chi connectivity index (χ0) is 55.7. The number of aromatic nitrogens is 4. The van der Waals surface area contributed by atoms with Crippen LogP contribution in [-0.4, -0.2) is 42.2 Å². The first-order valence-corrected chi connectivity index (χ1v) is 25.8. The Morgan fingerprint density at radius 3 is 1.37 bits per heavy atom. The standard InChI is InChI=1S/C19H13NO.C16H13NO.2C15H11NO.C2H4O2.2Cs.2FH.7Li.H2O/c21-18-12-6-4-10-16(18)19-15-9-2-1-7-13(15)14-8-3-5-11-17(14)20-19;1-11-10-12-6-2-3-7-13(12)15(16(11)18)14-8-4-5-9-17-14;17-15-8-4-2-6-12(15)14-10-9-11-5-1-3-7-13(11)16-14;17-14-8-4-3-7-13(14)15-12-6-2-1-5-11(12)9-10-16-15;1-2(3)4;;;;;;;;;;;;/h1-12,21H;2-10,18H,1H3;2*1-10,17H;1H3,(H,3,4);;;2*1H;;;;;;;;1H2/q;;;;;2*+1;;;;;5*+1;/p-3. The van der Waals surface area contributed by atoms with Crippen LogP contribution in [0.3, 0.4) is 0 Å². The predicted molar refractivity (Wildman–Crippen MR) is 310 cm³/mol. The second kappa shape index (κ2) is 46.7. The molecule has 0 aliphatic heterocycles. The number of fused-ring (bicyclic) bond motifs is 6. The molecule has 11 nitrogen and oxygen atoms in total. The maximum absolute atomic E-state index is 12.4. The number of carboxylic acids is 1. The molecule has 0 unspecified atom stereocenters. The third kappa shape index (κ3) is 24.4. The zero-order valence-corrected chi connectivity index (χ0v) is 64.9. The van der Waals surface area contributed by atoms with E-state index in [2.05, 4.69) is 38.1 Å². The SMILES string of the molecule is CC(=O)[O-].Cc1cc2ccccc2c(-c2cccc[nH+]2)c1[O-].O.[Cs+].[Cs+].[F-].[F-].[Li+].[Li+].[Li+].[Li+].[Li+].[Li][Li].[O-]c1ccccc1-c1[nH+]c2ccccc2c2ccccc12.[O-]c1ccccc1-c1[nH+]ccc2ccccc12.[O-]c1ccccc1-c1ccc2ccccc2[nH+]1. The molecule has 402 valence electrons. The van der Waals surface area contributed by atoms with Gasteiger partial charge in [0, 0.05) is 75.4 Å². The van der Waals surface area contributed by atoms with E-state index < -0.39 is 5.97 Å². The molecule has 9 aromatic carbocycles. The van der Waals surface area contributed by atoms with Crippen LogP contribution in [0.25, 0.3) is 99.2 Å². The molecule has 4 aromatic heterocycles. The summed E-state index contributed by atoms with van der Waals surface area (Å²) in [6.07, 6.45) is 3.70. The number of hydrogen-bond acceptors (Lipinski definition) is 6. The van der Waals surface area contributed by atoms with Crippen molar-refractivity contribution in [1.29, 1.82) is 0 Å². The first kappa shape index (κ1) is 90.8. The summed E-state index contributed by atoms with van der Waals surface area (Å²) in [6.45, 7) is 2.83. The summed E-state index contributed by atoms with van der Waals surface area (Å²) >= 11 is 4.00. The van der Waals surface area contributed by atoms with Crippen molar-refractivity contribution in [3.05, 3.63) is 255 Å². The van der Waals surface area contributed by atoms with Crippen molar-refractivity contribution < 1.29 is 297 Å². The Bertz CT molecular complexity index is 4240. The normalized spacial score (nSPS) is 9.19. The predicted octanol–water partition coefficient (Wildman–Crippen LogP) is -18.8. The first-order chi connectivity index (χ1) is 38.5. The minimum absolute atomic E-state index is 0. The van der Waals surface area contributed by atoms with Gasteiger partial charge >= 0.3 is 263 Å². The second-order valence-electron chi connectivity index (χ2n) is 17.9. The average molecular weight is 1380 g/mol. The number of para-hydroxylation sites is 5. The van der Waals surface area contributed by atoms with E-state index in [9.17, 15) is 20.4 Å². The van der Waals surface area contributed by atoms with Gasteiger partial charge in [-0.3, -0.25) is 0 Å². The van der Waals surface area contributed by atoms with E-state index in [0.717, 1.165) is 89.6 Å². The quantitative estimate of drug-likeness (QED) is 0.123. The molecule has 0 atom stereocenters. The van der Waals surface area contributed by atoms with Gasteiger partial charge in [0.1, 0.15) is 0 Å². The molecule has 0 aliphatic rings. The van der Waals surface area contributed by atoms with Crippen molar-refractivity contribution >= 4 is 90.9 Å². The van der Waals surface area contributed by atoms with Crippen molar-refractivity contribution in [3.8, 4) is 68.0 Å². The fourth-order valence-corrected chi connectivity index (χ4v) is 9.16. The molecule has 4 heterocycles. The number of carboxylic acid groups (broad SMARTS) is 1. The number of halogens is 2. The van der Waals surface area contributed by atoms with Gasteiger partial charge in [-0.25, -0.2) is 19.9 Å². The summed E-state index contributed by atoms with van der Waals surface area (Å²) in [5.74, 6) is -0.871. The van der Waals surface area contributed by atoms with E-state index in [-0.39, 0.29) is 270 Å². The van der Waals surface area contributed by atoms with Crippen LogP contribution in [0.5, 0.6) is 23.0 Å². The average Bonchev–Trinajstić information content (AvgIpc) is 0.854. The Balaban J connectivity index is -0.00000104. The van der Waals surface area contributed by atoms with Crippen LogP contribution in [0.4, 0.5) is 0 Å². The minimum Gasteiger partial charge on any atom is -0.872 e. The van der Waals surface area contributed by atoms with Crippen molar-refractivity contribution in [2.24, 2.45) is 0 Å². The van der Waals surface area contributed by atoms with Gasteiger partial charge in [-0.15, -0.1) is 0 Å². The topological polar surface area (TPSA) is 220 Å². The number of nitrogens with one attached hydrogen (secondary N) is 4. The van der Waals surface area contributed by atoms with Crippen LogP contribution in [0, 0.1) is 6.92 Å². The molecule has 22 heteroatoms. The summed E-state index contributed by atoms with van der Waals surface area (Å²) in [4.78, 5) is 21.9. The van der Waals surface area contributed by atoms with E-state index in [0.29, 0.717) is 16.7 Å². The van der Waals surface area contributed by atoms with Crippen molar-refractivity contribution in [2.75, 3.05) is 0 Å². The summed E-state index contributed by atoms with van der Waals surface area (Å²) < 4.78 is 0. The van der Waals surface area contributed by atoms with Gasteiger partial charge < -0.3 is 45.2 Å². The second-order valence-corrected chi connectivity index (χ2v) is 17.9. The summed E-state index contributed by atoms with van der Waals surface area (Å²) in [7, 11) is 0. The number of pyridine rings is 4. The largest absolute Gasteiger partial charge is 0.872 e. The fourth-order valence-electron chi connectivity index (χ4n) is 9.16. The molecule has 0 saturated heterocycles. The molecule has 13 rings (SSSR count). The third-order valence-electron chi connectivity index (χ3n) is 12.7. The van der Waals surface area contributed by atoms with Gasteiger partial charge in [-0.1, -0.05) is 174 Å². The molecule has 0 bridgehead atoms. The van der Waals surface area contributed by atoms with Crippen LogP contribution < -0.4 is 287 Å². The monoisotopic (exact) mass is 1380 g/mol. The van der Waals surface area contributed by atoms with E-state index in [1.807, 2.05) is 232 Å². The number of carbonyl (C=O) groups excluding carboxylic acids is 1. The van der Waals surface area contributed by atoms with E-state index in [1.165, 1.54) is 5.39 Å². The number of benzene rings is 9. The molecule has 0 saturated carbocycles. The Hall–Kier alpha value is -2.34. The van der Waals surface area contributed by atoms with E-state index >= 15 is 0 Å². The van der Waals surface area contributed by atoms with Gasteiger partial charge in [0.2, 0.25) is 33.8 Å². The number of aryl methyl sites for hydroxylation is 1. The smallest absolute Gasteiger partial charge is 0.218 e. The molecule has 0 radical (unpaired) electrons. The summed E-state index contributed by atoms with van der Waals surface area (Å²) in [5, 5.41) is 65.8. The Morgan fingerprint density at radius 1 is 0.393 bits per heavy atom. The van der Waals surface area contributed by atoms with Gasteiger partial charge in [-0.05, 0) is 84.6 Å². The molecular formula is C67H53Cs2F2Li7N4O7+4. The summed E-state index contributed by atoms with van der Waals surface area (Å²) in [6, 6.07) is 75.4. The Morgan fingerprint density at radius 2 is 0.820 bits per heavy atom. The van der Waals surface area contributed by atoms with Crippen LogP contribution in [0.15, 0.2) is 249 Å². The molecular weight excluding hydrogens is 1330 g/mol.